The molecule has 9 heteroatoms. The van der Waals surface area contributed by atoms with E-state index < -0.39 is 30.3 Å². The van der Waals surface area contributed by atoms with E-state index in [0.717, 1.165) is 5.57 Å². The lowest BCUT2D eigenvalue weighted by Crippen LogP contribution is -2.33. The summed E-state index contributed by atoms with van der Waals surface area (Å²) in [6.07, 6.45) is 1.60. The van der Waals surface area contributed by atoms with E-state index in [9.17, 15) is 30.0 Å². The average Bonchev–Trinajstić information content (AvgIpc) is 2.83. The molecule has 0 spiro atoms. The first kappa shape index (κ1) is 30.3. The predicted octanol–water partition coefficient (Wildman–Crippen LogP) is 3.78. The summed E-state index contributed by atoms with van der Waals surface area (Å²) in [6.45, 7) is 8.73. The van der Waals surface area contributed by atoms with Gasteiger partial charge < -0.3 is 36.2 Å². The molecule has 0 unspecified atom stereocenters. The fraction of sp³-hybridized carbons (Fsp3) is 0.571. The molecule has 2 bridgehead atoms. The quantitative estimate of drug-likeness (QED) is 0.325. The third-order valence-electron chi connectivity index (χ3n) is 7.17. The van der Waals surface area contributed by atoms with E-state index in [1.807, 2.05) is 26.8 Å². The number of carbonyl (C=O) groups excluding carboxylic acids is 2. The largest absolute Gasteiger partial charge is 0.508 e. The van der Waals surface area contributed by atoms with E-state index in [2.05, 4.69) is 5.32 Å². The summed E-state index contributed by atoms with van der Waals surface area (Å²) in [5.74, 6) is -1.88. The molecule has 1 aliphatic heterocycles. The van der Waals surface area contributed by atoms with Crippen LogP contribution in [0.4, 0.5) is 10.5 Å². The zero-order chi connectivity index (χ0) is 27.9. The standard InChI is InChI=1S/C28H42N2O7/c1-15-7-6-8-16(2)27(35)30-22-11-20(12-23(32)13-22)24(33)18(4)10-21(14-31)25(34)17(3)9-19(5)26(15)37-28(29)36/h8-9,11-13,15,17-18,21,24-26,31-34H,6-7,10,14H2,1-5H3,(H2,29,36)(H,30,35)/b16-8+,19-9+/t15-,17-,18-,21+,24+,25+,26+/m0/s1. The molecule has 7 atom stereocenters. The van der Waals surface area contributed by atoms with Crippen LogP contribution < -0.4 is 11.1 Å². The van der Waals surface area contributed by atoms with Gasteiger partial charge in [-0.05, 0) is 68.2 Å². The number of phenols is 1. The number of aliphatic hydroxyl groups is 3. The second-order valence-corrected chi connectivity index (χ2v) is 10.4. The lowest BCUT2D eigenvalue weighted by atomic mass is 9.81. The summed E-state index contributed by atoms with van der Waals surface area (Å²) in [6, 6.07) is 4.44. The van der Waals surface area contributed by atoms with Gasteiger partial charge in [-0.25, -0.2) is 4.79 Å². The Morgan fingerprint density at radius 2 is 1.81 bits per heavy atom. The molecule has 37 heavy (non-hydrogen) atoms. The van der Waals surface area contributed by atoms with Crippen molar-refractivity contribution in [3.05, 3.63) is 47.1 Å². The topological polar surface area (TPSA) is 162 Å². The normalized spacial score (nSPS) is 33.4. The number of nitrogens with one attached hydrogen (secondary N) is 1. The highest BCUT2D eigenvalue weighted by Crippen LogP contribution is 2.34. The van der Waals surface area contributed by atoms with Gasteiger partial charge in [0, 0.05) is 35.8 Å². The Kier molecular flexibility index (Phi) is 11.2. The van der Waals surface area contributed by atoms with Gasteiger partial charge in [-0.1, -0.05) is 32.9 Å². The summed E-state index contributed by atoms with van der Waals surface area (Å²) in [7, 11) is 0. The number of hydrogen-bond donors (Lipinski definition) is 6. The second kappa shape index (κ2) is 13.6. The van der Waals surface area contributed by atoms with Gasteiger partial charge in [0.05, 0.1) is 12.2 Å². The van der Waals surface area contributed by atoms with Crippen molar-refractivity contribution in [1.29, 1.82) is 0 Å². The van der Waals surface area contributed by atoms with Crippen LogP contribution in [-0.4, -0.2) is 51.2 Å². The van der Waals surface area contributed by atoms with Gasteiger partial charge in [-0.2, -0.15) is 0 Å². The number of aliphatic hydroxyl groups excluding tert-OH is 3. The number of primary amides is 1. The number of benzene rings is 1. The Hall–Kier alpha value is -2.88. The molecular formula is C28H42N2O7. The molecule has 0 saturated heterocycles. The number of aromatic hydroxyl groups is 1. The average molecular weight is 519 g/mol. The molecular weight excluding hydrogens is 476 g/mol. The molecule has 0 saturated carbocycles. The number of ether oxygens (including phenoxy) is 1. The maximum Gasteiger partial charge on any atom is 0.405 e. The van der Waals surface area contributed by atoms with E-state index in [1.54, 1.807) is 26.0 Å². The summed E-state index contributed by atoms with van der Waals surface area (Å²) in [5.41, 5.74) is 7.29. The molecule has 0 radical (unpaired) electrons. The Bertz CT molecular complexity index is 1010. The molecule has 2 amide bonds. The Morgan fingerprint density at radius 1 is 1.14 bits per heavy atom. The van der Waals surface area contributed by atoms with Crippen molar-refractivity contribution in [3.8, 4) is 5.75 Å². The molecule has 0 aromatic heterocycles. The number of amides is 2. The van der Waals surface area contributed by atoms with Crippen molar-refractivity contribution in [1.82, 2.24) is 0 Å². The van der Waals surface area contributed by atoms with Crippen LogP contribution in [0.25, 0.3) is 0 Å². The van der Waals surface area contributed by atoms with Gasteiger partial charge in [0.1, 0.15) is 11.9 Å². The molecule has 0 fully saturated rings. The van der Waals surface area contributed by atoms with Crippen LogP contribution in [0.5, 0.6) is 5.75 Å². The first-order valence-electron chi connectivity index (χ1n) is 12.8. The van der Waals surface area contributed by atoms with Gasteiger partial charge in [0.15, 0.2) is 0 Å². The SMILES string of the molecule is C/C1=C\CC[C@H](C)[C@@H](OC(N)=O)/C(C)=C/[C@H](C)[C@@H](O)[C@@H](CO)C[C@H](C)[C@@H](O)c2cc(O)cc(c2)NC1=O. The maximum atomic E-state index is 12.7. The van der Waals surface area contributed by atoms with Crippen LogP contribution in [-0.2, 0) is 9.53 Å². The van der Waals surface area contributed by atoms with Gasteiger partial charge in [-0.15, -0.1) is 0 Å². The summed E-state index contributed by atoms with van der Waals surface area (Å²) < 4.78 is 5.41. The lowest BCUT2D eigenvalue weighted by molar-refractivity contribution is -0.112. The van der Waals surface area contributed by atoms with Crippen molar-refractivity contribution in [2.75, 3.05) is 11.9 Å². The van der Waals surface area contributed by atoms with E-state index in [0.29, 0.717) is 36.1 Å². The van der Waals surface area contributed by atoms with Crippen molar-refractivity contribution in [2.45, 2.75) is 72.2 Å². The Balaban J connectivity index is 2.48. The first-order valence-corrected chi connectivity index (χ1v) is 12.8. The van der Waals surface area contributed by atoms with Crippen LogP contribution in [0.3, 0.4) is 0 Å². The molecule has 206 valence electrons. The monoisotopic (exact) mass is 518 g/mol. The summed E-state index contributed by atoms with van der Waals surface area (Å²) in [4.78, 5) is 24.3. The fourth-order valence-electron chi connectivity index (χ4n) is 4.99. The number of rotatable bonds is 2. The van der Waals surface area contributed by atoms with E-state index >= 15 is 0 Å². The van der Waals surface area contributed by atoms with Crippen LogP contribution >= 0.6 is 0 Å². The number of phenolic OH excluding ortho intramolecular Hbond substituents is 1. The zero-order valence-electron chi connectivity index (χ0n) is 22.3. The molecule has 1 aromatic rings. The number of fused-ring (bicyclic) bond motifs is 2. The number of carbonyl (C=O) groups is 2. The van der Waals surface area contributed by atoms with E-state index in [1.165, 1.54) is 12.1 Å². The fourth-order valence-corrected chi connectivity index (χ4v) is 4.99. The molecule has 0 aliphatic carbocycles. The highest BCUT2D eigenvalue weighted by atomic mass is 16.6. The van der Waals surface area contributed by atoms with E-state index in [4.69, 9.17) is 10.5 Å². The van der Waals surface area contributed by atoms with Crippen molar-refractivity contribution in [3.63, 3.8) is 0 Å². The number of anilines is 1. The Labute approximate surface area is 219 Å². The molecule has 1 aromatic carbocycles. The molecule has 1 heterocycles. The first-order chi connectivity index (χ1) is 17.3. The van der Waals surface area contributed by atoms with Gasteiger partial charge >= 0.3 is 6.09 Å². The molecule has 2 rings (SSSR count). The summed E-state index contributed by atoms with van der Waals surface area (Å²) >= 11 is 0. The number of nitrogens with two attached hydrogens (primary N) is 1. The minimum absolute atomic E-state index is 0.103. The minimum atomic E-state index is -1.01. The third kappa shape index (κ3) is 8.59. The second-order valence-electron chi connectivity index (χ2n) is 10.4. The lowest BCUT2D eigenvalue weighted by Gasteiger charge is -2.30. The van der Waals surface area contributed by atoms with Gasteiger partial charge in [-0.3, -0.25) is 4.79 Å². The summed E-state index contributed by atoms with van der Waals surface area (Å²) in [5, 5.41) is 45.1. The Morgan fingerprint density at radius 3 is 2.43 bits per heavy atom. The highest BCUT2D eigenvalue weighted by Gasteiger charge is 2.30. The minimum Gasteiger partial charge on any atom is -0.508 e. The molecule has 1 aliphatic rings. The number of allylic oxidation sites excluding steroid dienone is 1. The van der Waals surface area contributed by atoms with Crippen LogP contribution in [0.2, 0.25) is 0 Å². The van der Waals surface area contributed by atoms with Crippen LogP contribution in [0.1, 0.15) is 65.5 Å². The van der Waals surface area contributed by atoms with Crippen LogP contribution in [0.15, 0.2) is 41.5 Å². The third-order valence-corrected chi connectivity index (χ3v) is 7.17. The highest BCUT2D eigenvalue weighted by molar-refractivity contribution is 6.03. The smallest absolute Gasteiger partial charge is 0.405 e. The van der Waals surface area contributed by atoms with E-state index in [-0.39, 0.29) is 36.0 Å². The molecule has 7 N–H and O–H groups in total. The number of hydrogen-bond acceptors (Lipinski definition) is 7. The van der Waals surface area contributed by atoms with Crippen molar-refractivity contribution in [2.24, 2.45) is 29.4 Å². The molecule has 9 nitrogen and oxygen atoms in total. The van der Waals surface area contributed by atoms with Crippen molar-refractivity contribution < 1.29 is 34.8 Å². The zero-order valence-corrected chi connectivity index (χ0v) is 22.3. The maximum absolute atomic E-state index is 12.7. The van der Waals surface area contributed by atoms with Crippen molar-refractivity contribution >= 4 is 17.7 Å². The predicted molar refractivity (Wildman–Crippen MR) is 142 cm³/mol. The van der Waals surface area contributed by atoms with Crippen LogP contribution in [0, 0.1) is 23.7 Å². The van der Waals surface area contributed by atoms with Gasteiger partial charge in [0.2, 0.25) is 0 Å². The van der Waals surface area contributed by atoms with Gasteiger partial charge in [0.25, 0.3) is 5.91 Å².